The topological polar surface area (TPSA) is 59.1 Å². The molecule has 0 spiro atoms. The van der Waals surface area contributed by atoms with Gasteiger partial charge in [0.2, 0.25) is 11.8 Å². The van der Waals surface area contributed by atoms with Crippen LogP contribution in [0.4, 0.5) is 5.69 Å². The number of thiophene rings is 1. The fraction of sp³-hybridized carbons (Fsp3) is 0.308. The van der Waals surface area contributed by atoms with E-state index in [0.717, 1.165) is 17.7 Å². The van der Waals surface area contributed by atoms with Crippen LogP contribution in [0.3, 0.4) is 0 Å². The molecule has 3 aliphatic rings. The van der Waals surface area contributed by atoms with Gasteiger partial charge in [-0.05, 0) is 41.1 Å². The largest absolute Gasteiger partial charge is 0.486 e. The molecule has 2 aromatic carbocycles. The van der Waals surface area contributed by atoms with E-state index in [1.165, 1.54) is 10.4 Å². The first-order chi connectivity index (χ1) is 16.2. The highest BCUT2D eigenvalue weighted by Gasteiger charge is 2.41. The number of nitrogens with zero attached hydrogens (tertiary/aromatic N) is 2. The Hall–Kier alpha value is -3.32. The van der Waals surface area contributed by atoms with Gasteiger partial charge in [0.05, 0.1) is 12.0 Å². The minimum absolute atomic E-state index is 0.0329. The zero-order chi connectivity index (χ0) is 22.4. The highest BCUT2D eigenvalue weighted by molar-refractivity contribution is 7.10. The summed E-state index contributed by atoms with van der Waals surface area (Å²) >= 11 is 1.76. The highest BCUT2D eigenvalue weighted by Crippen LogP contribution is 2.40. The van der Waals surface area contributed by atoms with Gasteiger partial charge in [-0.25, -0.2) is 0 Å². The predicted molar refractivity (Wildman–Crippen MR) is 126 cm³/mol. The van der Waals surface area contributed by atoms with Gasteiger partial charge in [0.15, 0.2) is 11.5 Å². The number of rotatable bonds is 3. The summed E-state index contributed by atoms with van der Waals surface area (Å²) in [5, 5.41) is 2.11. The summed E-state index contributed by atoms with van der Waals surface area (Å²) in [7, 11) is 0. The van der Waals surface area contributed by atoms with Crippen molar-refractivity contribution in [3.05, 3.63) is 76.0 Å². The van der Waals surface area contributed by atoms with Crippen LogP contribution in [0.5, 0.6) is 11.5 Å². The summed E-state index contributed by atoms with van der Waals surface area (Å²) in [6.45, 7) is 2.06. The molecule has 6 rings (SSSR count). The molecule has 4 heterocycles. The van der Waals surface area contributed by atoms with Crippen molar-refractivity contribution in [2.75, 3.05) is 31.2 Å². The number of benzene rings is 2. The van der Waals surface area contributed by atoms with Gasteiger partial charge in [0.25, 0.3) is 0 Å². The Morgan fingerprint density at radius 2 is 1.82 bits per heavy atom. The van der Waals surface area contributed by atoms with Crippen LogP contribution in [0.15, 0.2) is 60.0 Å². The predicted octanol–water partition coefficient (Wildman–Crippen LogP) is 4.05. The zero-order valence-electron chi connectivity index (χ0n) is 18.1. The van der Waals surface area contributed by atoms with Crippen LogP contribution < -0.4 is 14.4 Å². The monoisotopic (exact) mass is 460 g/mol. The summed E-state index contributed by atoms with van der Waals surface area (Å²) in [5.74, 6) is 0.988. The quantitative estimate of drug-likeness (QED) is 0.592. The van der Waals surface area contributed by atoms with Crippen molar-refractivity contribution in [3.8, 4) is 11.5 Å². The first-order valence-electron chi connectivity index (χ1n) is 11.3. The fourth-order valence-electron chi connectivity index (χ4n) is 5.11. The maximum Gasteiger partial charge on any atom is 0.228 e. The van der Waals surface area contributed by atoms with E-state index in [9.17, 15) is 9.59 Å². The number of hydrogen-bond donors (Lipinski definition) is 0. The smallest absolute Gasteiger partial charge is 0.228 e. The Morgan fingerprint density at radius 3 is 2.67 bits per heavy atom. The summed E-state index contributed by atoms with van der Waals surface area (Å²) in [4.78, 5) is 31.7. The van der Waals surface area contributed by atoms with E-state index in [1.54, 1.807) is 16.2 Å². The summed E-state index contributed by atoms with van der Waals surface area (Å²) in [6.07, 6.45) is 1.08. The van der Waals surface area contributed by atoms with E-state index in [4.69, 9.17) is 9.47 Å². The Labute approximate surface area is 196 Å². The van der Waals surface area contributed by atoms with Gasteiger partial charge in [-0.3, -0.25) is 9.59 Å². The van der Waals surface area contributed by atoms with E-state index in [-0.39, 0.29) is 30.2 Å². The normalized spacial score (nSPS) is 21.8. The second-order valence-corrected chi connectivity index (χ2v) is 9.63. The molecule has 2 atom stereocenters. The molecular formula is C26H24N2O4S. The van der Waals surface area contributed by atoms with Gasteiger partial charge in [-0.15, -0.1) is 11.3 Å². The van der Waals surface area contributed by atoms with E-state index >= 15 is 0 Å². The summed E-state index contributed by atoms with van der Waals surface area (Å²) in [6, 6.07) is 17.8. The summed E-state index contributed by atoms with van der Waals surface area (Å²) < 4.78 is 11.3. The molecule has 1 fully saturated rings. The van der Waals surface area contributed by atoms with Crippen molar-refractivity contribution in [1.82, 2.24) is 4.90 Å². The van der Waals surface area contributed by atoms with Gasteiger partial charge in [-0.1, -0.05) is 30.3 Å². The first-order valence-corrected chi connectivity index (χ1v) is 12.2. The second kappa shape index (κ2) is 8.23. The highest BCUT2D eigenvalue weighted by atomic mass is 32.1. The Balaban J connectivity index is 1.27. The third-order valence-electron chi connectivity index (χ3n) is 6.68. The van der Waals surface area contributed by atoms with Crippen LogP contribution in [0.2, 0.25) is 0 Å². The molecule has 7 heteroatoms. The lowest BCUT2D eigenvalue weighted by Crippen LogP contribution is -2.43. The maximum absolute atomic E-state index is 13.8. The van der Waals surface area contributed by atoms with Crippen LogP contribution in [-0.4, -0.2) is 43.0 Å². The standard InChI is InChI=1S/C26H24N2O4S/c29-24-14-18(16-28(24)19-6-7-21-22(15-19)32-12-11-31-21)26(30)27-10-8-23-20(9-13-33-23)25(27)17-4-2-1-3-5-17/h1-7,9,13,15,18,25H,8,10-12,14,16H2. The van der Waals surface area contributed by atoms with Crippen molar-refractivity contribution >= 4 is 28.8 Å². The average Bonchev–Trinajstić information content (AvgIpc) is 3.50. The van der Waals surface area contributed by atoms with Gasteiger partial charge < -0.3 is 19.3 Å². The van der Waals surface area contributed by atoms with E-state index in [1.807, 2.05) is 41.3 Å². The first kappa shape index (κ1) is 20.3. The Kier molecular flexibility index (Phi) is 5.06. The molecule has 0 aliphatic carbocycles. The van der Waals surface area contributed by atoms with Crippen LogP contribution in [-0.2, 0) is 16.0 Å². The van der Waals surface area contributed by atoms with Crippen molar-refractivity contribution in [3.63, 3.8) is 0 Å². The van der Waals surface area contributed by atoms with Crippen LogP contribution >= 0.6 is 11.3 Å². The molecular weight excluding hydrogens is 436 g/mol. The molecule has 1 aromatic heterocycles. The molecule has 0 radical (unpaired) electrons. The van der Waals surface area contributed by atoms with Crippen LogP contribution in [0.25, 0.3) is 0 Å². The minimum Gasteiger partial charge on any atom is -0.486 e. The molecule has 0 saturated carbocycles. The Bertz CT molecular complexity index is 1210. The van der Waals surface area contributed by atoms with E-state index in [0.29, 0.717) is 37.8 Å². The van der Waals surface area contributed by atoms with Gasteiger partial charge in [0.1, 0.15) is 13.2 Å². The van der Waals surface area contributed by atoms with Gasteiger partial charge in [0, 0.05) is 36.1 Å². The molecule has 6 nitrogen and oxygen atoms in total. The van der Waals surface area contributed by atoms with Crippen molar-refractivity contribution in [2.45, 2.75) is 18.9 Å². The molecule has 3 aliphatic heterocycles. The molecule has 0 N–H and O–H groups in total. The number of hydrogen-bond acceptors (Lipinski definition) is 5. The summed E-state index contributed by atoms with van der Waals surface area (Å²) in [5.41, 5.74) is 3.06. The third kappa shape index (κ3) is 3.56. The number of carbonyl (C=O) groups excluding carboxylic acids is 2. The van der Waals surface area contributed by atoms with Crippen LogP contribution in [0.1, 0.15) is 28.5 Å². The van der Waals surface area contributed by atoms with Crippen LogP contribution in [0, 0.1) is 5.92 Å². The maximum atomic E-state index is 13.8. The fourth-order valence-corrected chi connectivity index (χ4v) is 6.01. The molecule has 2 unspecified atom stereocenters. The SMILES string of the molecule is O=C1CC(C(=O)N2CCc3sccc3C2c2ccccc2)CN1c1ccc2c(c1)OCCO2. The van der Waals surface area contributed by atoms with Crippen molar-refractivity contribution < 1.29 is 19.1 Å². The average molecular weight is 461 g/mol. The van der Waals surface area contributed by atoms with Crippen molar-refractivity contribution in [1.29, 1.82) is 0 Å². The molecule has 0 bridgehead atoms. The van der Waals surface area contributed by atoms with Crippen molar-refractivity contribution in [2.24, 2.45) is 5.92 Å². The van der Waals surface area contributed by atoms with Gasteiger partial charge >= 0.3 is 0 Å². The lowest BCUT2D eigenvalue weighted by molar-refractivity contribution is -0.137. The second-order valence-electron chi connectivity index (χ2n) is 8.63. The number of amides is 2. The minimum atomic E-state index is -0.364. The molecule has 168 valence electrons. The molecule has 3 aromatic rings. The molecule has 2 amide bonds. The third-order valence-corrected chi connectivity index (χ3v) is 7.67. The Morgan fingerprint density at radius 1 is 1.00 bits per heavy atom. The zero-order valence-corrected chi connectivity index (χ0v) is 18.9. The molecule has 1 saturated heterocycles. The molecule has 33 heavy (non-hydrogen) atoms. The lowest BCUT2D eigenvalue weighted by atomic mass is 9.91. The number of anilines is 1. The number of carbonyl (C=O) groups is 2. The number of fused-ring (bicyclic) bond motifs is 2. The number of ether oxygens (including phenoxy) is 2. The van der Waals surface area contributed by atoms with E-state index < -0.39 is 0 Å². The lowest BCUT2D eigenvalue weighted by Gasteiger charge is -2.37. The van der Waals surface area contributed by atoms with Gasteiger partial charge in [-0.2, -0.15) is 0 Å². The van der Waals surface area contributed by atoms with E-state index in [2.05, 4.69) is 23.6 Å².